The van der Waals surface area contributed by atoms with Crippen LogP contribution >= 0.6 is 0 Å². The van der Waals surface area contributed by atoms with E-state index in [9.17, 15) is 14.4 Å². The summed E-state index contributed by atoms with van der Waals surface area (Å²) in [6.07, 6.45) is 3.37. The van der Waals surface area contributed by atoms with Crippen LogP contribution in [0.1, 0.15) is 13.8 Å². The number of fused-ring (bicyclic) bond motifs is 5. The van der Waals surface area contributed by atoms with Gasteiger partial charge in [-0.2, -0.15) is 0 Å². The number of hydrogen-bond donors (Lipinski definition) is 0. The molecular weight excluding hydrogens is 298 g/mol. The maximum absolute atomic E-state index is 12.8. The Morgan fingerprint density at radius 3 is 2.78 bits per heavy atom. The third kappa shape index (κ3) is 1.88. The van der Waals surface area contributed by atoms with Crippen LogP contribution < -0.4 is 9.64 Å². The molecule has 118 valence electrons. The molecule has 1 aromatic rings. The normalized spacial score (nSPS) is 34.2. The predicted molar refractivity (Wildman–Crippen MR) is 79.6 cm³/mol. The minimum Gasteiger partial charge on any atom is -0.427 e. The van der Waals surface area contributed by atoms with E-state index in [-0.39, 0.29) is 17.9 Å². The largest absolute Gasteiger partial charge is 0.427 e. The van der Waals surface area contributed by atoms with Crippen molar-refractivity contribution in [3.05, 3.63) is 36.4 Å². The number of amides is 2. The summed E-state index contributed by atoms with van der Waals surface area (Å²) in [4.78, 5) is 37.8. The number of esters is 1. The summed E-state index contributed by atoms with van der Waals surface area (Å²) in [7, 11) is 0. The van der Waals surface area contributed by atoms with Crippen molar-refractivity contribution in [2.24, 2.45) is 11.8 Å². The summed E-state index contributed by atoms with van der Waals surface area (Å²) in [5.74, 6) is -1.66. The molecule has 23 heavy (non-hydrogen) atoms. The number of nitrogens with zero attached hydrogens (tertiary/aromatic N) is 1. The van der Waals surface area contributed by atoms with Gasteiger partial charge in [0.05, 0.1) is 29.2 Å². The number of carbonyl (C=O) groups is 3. The number of ether oxygens (including phenoxy) is 2. The molecule has 2 fully saturated rings. The molecule has 0 saturated carbocycles. The van der Waals surface area contributed by atoms with Gasteiger partial charge in [-0.15, -0.1) is 0 Å². The molecule has 0 radical (unpaired) electrons. The van der Waals surface area contributed by atoms with Gasteiger partial charge in [0.25, 0.3) is 0 Å². The van der Waals surface area contributed by atoms with Gasteiger partial charge >= 0.3 is 5.97 Å². The van der Waals surface area contributed by atoms with Gasteiger partial charge in [0.2, 0.25) is 11.8 Å². The van der Waals surface area contributed by atoms with Crippen LogP contribution in [-0.4, -0.2) is 29.5 Å². The zero-order valence-electron chi connectivity index (χ0n) is 12.7. The number of imide groups is 1. The number of anilines is 1. The van der Waals surface area contributed by atoms with Crippen LogP contribution in [0.5, 0.6) is 5.75 Å². The fourth-order valence-electron chi connectivity index (χ4n) is 3.76. The van der Waals surface area contributed by atoms with Gasteiger partial charge < -0.3 is 9.47 Å². The zero-order chi connectivity index (χ0) is 16.4. The molecule has 6 heteroatoms. The van der Waals surface area contributed by atoms with Crippen LogP contribution in [0.2, 0.25) is 0 Å². The fourth-order valence-corrected chi connectivity index (χ4v) is 3.76. The van der Waals surface area contributed by atoms with Gasteiger partial charge in [-0.05, 0) is 19.1 Å². The quantitative estimate of drug-likeness (QED) is 0.357. The van der Waals surface area contributed by atoms with Crippen molar-refractivity contribution in [3.63, 3.8) is 0 Å². The van der Waals surface area contributed by atoms with Crippen LogP contribution in [0.25, 0.3) is 0 Å². The summed E-state index contributed by atoms with van der Waals surface area (Å²) in [5, 5.41) is 0. The van der Waals surface area contributed by atoms with Gasteiger partial charge in [-0.25, -0.2) is 4.90 Å². The molecule has 4 rings (SSSR count). The average molecular weight is 313 g/mol. The first kappa shape index (κ1) is 14.1. The van der Waals surface area contributed by atoms with E-state index >= 15 is 0 Å². The maximum Gasteiger partial charge on any atom is 0.308 e. The second-order valence-corrected chi connectivity index (χ2v) is 6.23. The van der Waals surface area contributed by atoms with Crippen molar-refractivity contribution < 1.29 is 23.9 Å². The van der Waals surface area contributed by atoms with Crippen molar-refractivity contribution in [2.75, 3.05) is 4.90 Å². The summed E-state index contributed by atoms with van der Waals surface area (Å²) in [6, 6.07) is 6.43. The lowest BCUT2D eigenvalue weighted by Gasteiger charge is -2.24. The first-order chi connectivity index (χ1) is 10.9. The molecule has 1 aromatic carbocycles. The topological polar surface area (TPSA) is 72.9 Å². The lowest BCUT2D eigenvalue weighted by Crippen LogP contribution is -2.38. The minimum atomic E-state index is -0.718. The lowest BCUT2D eigenvalue weighted by atomic mass is 9.78. The second kappa shape index (κ2) is 4.52. The van der Waals surface area contributed by atoms with Crippen LogP contribution in [0.4, 0.5) is 5.69 Å². The summed E-state index contributed by atoms with van der Waals surface area (Å²) < 4.78 is 10.8. The van der Waals surface area contributed by atoms with Crippen LogP contribution in [-0.2, 0) is 19.1 Å². The molecule has 2 amide bonds. The first-order valence-corrected chi connectivity index (χ1v) is 7.44. The Morgan fingerprint density at radius 1 is 1.30 bits per heavy atom. The van der Waals surface area contributed by atoms with Crippen molar-refractivity contribution in [3.8, 4) is 5.75 Å². The maximum atomic E-state index is 12.8. The Bertz CT molecular complexity index is 770. The molecule has 0 spiro atoms. The van der Waals surface area contributed by atoms with Gasteiger partial charge in [0.1, 0.15) is 5.75 Å². The Morgan fingerprint density at radius 2 is 2.09 bits per heavy atom. The molecule has 2 saturated heterocycles. The first-order valence-electron chi connectivity index (χ1n) is 7.44. The van der Waals surface area contributed by atoms with Gasteiger partial charge in [-0.1, -0.05) is 18.2 Å². The van der Waals surface area contributed by atoms with Gasteiger partial charge in [0, 0.05) is 13.0 Å². The highest BCUT2D eigenvalue weighted by Gasteiger charge is 2.66. The van der Waals surface area contributed by atoms with E-state index in [0.29, 0.717) is 11.4 Å². The molecule has 6 nitrogen and oxygen atoms in total. The van der Waals surface area contributed by atoms with Crippen molar-refractivity contribution in [1.29, 1.82) is 0 Å². The van der Waals surface area contributed by atoms with Crippen molar-refractivity contribution in [2.45, 2.75) is 25.6 Å². The number of rotatable bonds is 2. The monoisotopic (exact) mass is 313 g/mol. The molecule has 3 aliphatic rings. The molecule has 4 atom stereocenters. The average Bonchev–Trinajstić information content (AvgIpc) is 3.08. The van der Waals surface area contributed by atoms with E-state index in [1.165, 1.54) is 17.9 Å². The number of carbonyl (C=O) groups excluding carboxylic acids is 3. The molecule has 3 aliphatic heterocycles. The predicted octanol–water partition coefficient (Wildman–Crippen LogP) is 1.44. The molecule has 0 aliphatic carbocycles. The second-order valence-electron chi connectivity index (χ2n) is 6.23. The molecule has 2 bridgehead atoms. The Kier molecular flexibility index (Phi) is 2.78. The summed E-state index contributed by atoms with van der Waals surface area (Å²) in [6.45, 7) is 3.13. The van der Waals surface area contributed by atoms with Crippen LogP contribution in [0.15, 0.2) is 36.4 Å². The number of hydrogen-bond acceptors (Lipinski definition) is 5. The Hall–Kier alpha value is -2.47. The van der Waals surface area contributed by atoms with Gasteiger partial charge in [0.15, 0.2) is 0 Å². The molecule has 3 heterocycles. The SMILES string of the molecule is CC(=O)Oc1cccc(N2C(=O)[C@H]3[C@@H](C2=O)[C@@]2(C)C=C[C@H]3O2)c1. The lowest BCUT2D eigenvalue weighted by molar-refractivity contribution is -0.132. The third-order valence-electron chi connectivity index (χ3n) is 4.67. The highest BCUT2D eigenvalue weighted by molar-refractivity contribution is 6.23. The minimum absolute atomic E-state index is 0.266. The molecule has 0 aromatic heterocycles. The molecule has 0 unspecified atom stereocenters. The van der Waals surface area contributed by atoms with E-state index in [1.54, 1.807) is 18.2 Å². The number of benzene rings is 1. The molecular formula is C17H15NO5. The van der Waals surface area contributed by atoms with E-state index < -0.39 is 23.4 Å². The third-order valence-corrected chi connectivity index (χ3v) is 4.67. The van der Waals surface area contributed by atoms with Crippen molar-refractivity contribution >= 4 is 23.5 Å². The molecule has 0 N–H and O–H groups in total. The Labute approximate surface area is 132 Å². The van der Waals surface area contributed by atoms with E-state index in [0.717, 1.165) is 0 Å². The van der Waals surface area contributed by atoms with E-state index in [4.69, 9.17) is 9.47 Å². The summed E-state index contributed by atoms with van der Waals surface area (Å²) in [5.41, 5.74) is -0.305. The Balaban J connectivity index is 1.70. The van der Waals surface area contributed by atoms with E-state index in [2.05, 4.69) is 0 Å². The zero-order valence-corrected chi connectivity index (χ0v) is 12.7. The van der Waals surface area contributed by atoms with Crippen LogP contribution in [0, 0.1) is 11.8 Å². The smallest absolute Gasteiger partial charge is 0.308 e. The highest BCUT2D eigenvalue weighted by atomic mass is 16.5. The van der Waals surface area contributed by atoms with Crippen molar-refractivity contribution in [1.82, 2.24) is 0 Å². The summed E-state index contributed by atoms with van der Waals surface area (Å²) >= 11 is 0. The fraction of sp³-hybridized carbons (Fsp3) is 0.353. The van der Waals surface area contributed by atoms with Gasteiger partial charge in [-0.3, -0.25) is 14.4 Å². The van der Waals surface area contributed by atoms with Crippen LogP contribution in [0.3, 0.4) is 0 Å². The van der Waals surface area contributed by atoms with E-state index in [1.807, 2.05) is 19.1 Å². The standard InChI is InChI=1S/C17H15NO5/c1-9(19)22-11-5-3-4-10(8-11)18-15(20)13-12-6-7-17(2,23-12)14(13)16(18)21/h3-8,12-14H,1-2H3/t12-,13-,14+,17-/m1/s1. The highest BCUT2D eigenvalue weighted by Crippen LogP contribution is 2.52.